The van der Waals surface area contributed by atoms with Crippen LogP contribution < -0.4 is 5.32 Å². The zero-order valence-corrected chi connectivity index (χ0v) is 8.76. The SMILES string of the molecule is CN1CCCC[C@@H]1[C@H]1CCCCN1. The predicted molar refractivity (Wildman–Crippen MR) is 55.9 cm³/mol. The third-order valence-corrected chi connectivity index (χ3v) is 3.64. The summed E-state index contributed by atoms with van der Waals surface area (Å²) in [4.78, 5) is 2.56. The molecule has 2 nitrogen and oxygen atoms in total. The molecule has 2 heteroatoms. The fourth-order valence-corrected chi connectivity index (χ4v) is 2.82. The molecule has 0 radical (unpaired) electrons. The van der Waals surface area contributed by atoms with Crippen molar-refractivity contribution < 1.29 is 0 Å². The number of hydrogen-bond donors (Lipinski definition) is 1. The van der Waals surface area contributed by atoms with Gasteiger partial charge in [-0.3, -0.25) is 0 Å². The second-order valence-electron chi connectivity index (χ2n) is 4.60. The van der Waals surface area contributed by atoms with Crippen LogP contribution in [0.5, 0.6) is 0 Å². The van der Waals surface area contributed by atoms with E-state index in [0.717, 1.165) is 12.1 Å². The normalized spacial score (nSPS) is 37.6. The summed E-state index contributed by atoms with van der Waals surface area (Å²) in [6, 6.07) is 1.62. The first-order chi connectivity index (χ1) is 6.38. The van der Waals surface area contributed by atoms with E-state index < -0.39 is 0 Å². The molecule has 0 aromatic heterocycles. The van der Waals surface area contributed by atoms with Crippen LogP contribution in [-0.4, -0.2) is 37.1 Å². The van der Waals surface area contributed by atoms with Crippen molar-refractivity contribution in [3.05, 3.63) is 0 Å². The van der Waals surface area contributed by atoms with Crippen LogP contribution in [0.2, 0.25) is 0 Å². The van der Waals surface area contributed by atoms with Crippen molar-refractivity contribution in [2.45, 2.75) is 50.6 Å². The van der Waals surface area contributed by atoms with E-state index in [-0.39, 0.29) is 0 Å². The van der Waals surface area contributed by atoms with Gasteiger partial charge in [-0.05, 0) is 45.8 Å². The van der Waals surface area contributed by atoms with Gasteiger partial charge in [-0.15, -0.1) is 0 Å². The van der Waals surface area contributed by atoms with E-state index in [1.165, 1.54) is 51.6 Å². The van der Waals surface area contributed by atoms with Gasteiger partial charge in [-0.1, -0.05) is 12.8 Å². The molecule has 2 saturated heterocycles. The molecule has 76 valence electrons. The van der Waals surface area contributed by atoms with Crippen LogP contribution in [0, 0.1) is 0 Å². The first-order valence-corrected chi connectivity index (χ1v) is 5.81. The molecule has 13 heavy (non-hydrogen) atoms. The molecule has 0 spiro atoms. The highest BCUT2D eigenvalue weighted by Gasteiger charge is 2.27. The van der Waals surface area contributed by atoms with Gasteiger partial charge >= 0.3 is 0 Å². The van der Waals surface area contributed by atoms with Crippen LogP contribution in [0.3, 0.4) is 0 Å². The lowest BCUT2D eigenvalue weighted by Gasteiger charge is -2.40. The average Bonchev–Trinajstić information content (AvgIpc) is 2.20. The van der Waals surface area contributed by atoms with Crippen LogP contribution in [0.25, 0.3) is 0 Å². The standard InChI is InChI=1S/C11H22N2/c1-13-9-5-3-7-11(13)10-6-2-4-8-12-10/h10-12H,2-9H2,1H3/t10-,11-/m1/s1. The second kappa shape index (κ2) is 4.43. The highest BCUT2D eigenvalue weighted by Crippen LogP contribution is 2.22. The largest absolute Gasteiger partial charge is 0.312 e. The molecule has 2 aliphatic rings. The molecule has 0 aromatic rings. The molecule has 2 atom stereocenters. The van der Waals surface area contributed by atoms with E-state index in [1.54, 1.807) is 0 Å². The van der Waals surface area contributed by atoms with Crippen molar-refractivity contribution in [1.29, 1.82) is 0 Å². The molecule has 0 aliphatic carbocycles. The molecule has 1 N–H and O–H groups in total. The van der Waals surface area contributed by atoms with Gasteiger partial charge in [-0.25, -0.2) is 0 Å². The summed E-state index contributed by atoms with van der Waals surface area (Å²) in [5, 5.41) is 3.68. The van der Waals surface area contributed by atoms with E-state index in [9.17, 15) is 0 Å². The number of nitrogens with zero attached hydrogens (tertiary/aromatic N) is 1. The summed E-state index contributed by atoms with van der Waals surface area (Å²) in [5.74, 6) is 0. The maximum absolute atomic E-state index is 3.68. The number of likely N-dealkylation sites (tertiary alicyclic amines) is 1. The Bertz CT molecular complexity index is 152. The summed E-state index contributed by atoms with van der Waals surface area (Å²) in [7, 11) is 2.29. The van der Waals surface area contributed by atoms with Gasteiger partial charge in [0.2, 0.25) is 0 Å². The predicted octanol–water partition coefficient (Wildman–Crippen LogP) is 1.61. The third-order valence-electron chi connectivity index (χ3n) is 3.64. The van der Waals surface area contributed by atoms with Crippen LogP contribution >= 0.6 is 0 Å². The van der Waals surface area contributed by atoms with E-state index in [1.807, 2.05) is 0 Å². The highest BCUT2D eigenvalue weighted by atomic mass is 15.2. The van der Waals surface area contributed by atoms with Gasteiger partial charge in [0, 0.05) is 12.1 Å². The summed E-state index contributed by atoms with van der Waals surface area (Å²) in [6.45, 7) is 2.55. The van der Waals surface area contributed by atoms with Crippen molar-refractivity contribution in [3.63, 3.8) is 0 Å². The first-order valence-electron chi connectivity index (χ1n) is 5.81. The minimum atomic E-state index is 0.791. The van der Waals surface area contributed by atoms with E-state index in [0.29, 0.717) is 0 Å². The van der Waals surface area contributed by atoms with Crippen molar-refractivity contribution in [3.8, 4) is 0 Å². The molecular formula is C11H22N2. The molecular weight excluding hydrogens is 160 g/mol. The average molecular weight is 182 g/mol. The minimum Gasteiger partial charge on any atom is -0.312 e. The number of nitrogens with one attached hydrogen (secondary N) is 1. The zero-order valence-electron chi connectivity index (χ0n) is 8.76. The topological polar surface area (TPSA) is 15.3 Å². The number of rotatable bonds is 1. The van der Waals surface area contributed by atoms with Crippen LogP contribution in [0.1, 0.15) is 38.5 Å². The smallest absolute Gasteiger partial charge is 0.0246 e. The lowest BCUT2D eigenvalue weighted by molar-refractivity contribution is 0.131. The Kier molecular flexibility index (Phi) is 3.23. The third kappa shape index (κ3) is 2.23. The van der Waals surface area contributed by atoms with Crippen molar-refractivity contribution in [2.24, 2.45) is 0 Å². The number of piperidine rings is 2. The van der Waals surface area contributed by atoms with Crippen LogP contribution in [0.15, 0.2) is 0 Å². The van der Waals surface area contributed by atoms with Crippen molar-refractivity contribution >= 4 is 0 Å². The summed E-state index contributed by atoms with van der Waals surface area (Å²) in [5.41, 5.74) is 0. The van der Waals surface area contributed by atoms with E-state index in [4.69, 9.17) is 0 Å². The quantitative estimate of drug-likeness (QED) is 0.663. The van der Waals surface area contributed by atoms with Gasteiger partial charge in [0.15, 0.2) is 0 Å². The van der Waals surface area contributed by atoms with Gasteiger partial charge in [-0.2, -0.15) is 0 Å². The monoisotopic (exact) mass is 182 g/mol. The molecule has 0 amide bonds. The van der Waals surface area contributed by atoms with Crippen LogP contribution in [-0.2, 0) is 0 Å². The molecule has 2 aliphatic heterocycles. The Morgan fingerprint density at radius 1 is 1.08 bits per heavy atom. The Balaban J connectivity index is 1.88. The molecule has 2 rings (SSSR count). The van der Waals surface area contributed by atoms with E-state index >= 15 is 0 Å². The van der Waals surface area contributed by atoms with Crippen LogP contribution in [0.4, 0.5) is 0 Å². The van der Waals surface area contributed by atoms with Gasteiger partial charge in [0.25, 0.3) is 0 Å². The molecule has 2 heterocycles. The molecule has 0 bridgehead atoms. The molecule has 2 fully saturated rings. The Hall–Kier alpha value is -0.0800. The number of hydrogen-bond acceptors (Lipinski definition) is 2. The molecule has 0 saturated carbocycles. The maximum Gasteiger partial charge on any atom is 0.0246 e. The van der Waals surface area contributed by atoms with Gasteiger partial charge in [0.1, 0.15) is 0 Å². The fraction of sp³-hybridized carbons (Fsp3) is 1.00. The van der Waals surface area contributed by atoms with Gasteiger partial charge in [0.05, 0.1) is 0 Å². The Morgan fingerprint density at radius 2 is 1.92 bits per heavy atom. The van der Waals surface area contributed by atoms with Gasteiger partial charge < -0.3 is 10.2 Å². The maximum atomic E-state index is 3.68. The number of likely N-dealkylation sites (N-methyl/N-ethyl adjacent to an activating group) is 1. The lowest BCUT2D eigenvalue weighted by atomic mass is 9.91. The molecule has 0 aromatic carbocycles. The highest BCUT2D eigenvalue weighted by molar-refractivity contribution is 4.87. The first kappa shape index (κ1) is 9.47. The Labute approximate surface area is 81.7 Å². The summed E-state index contributed by atoms with van der Waals surface area (Å²) < 4.78 is 0. The minimum absolute atomic E-state index is 0.791. The van der Waals surface area contributed by atoms with E-state index in [2.05, 4.69) is 17.3 Å². The van der Waals surface area contributed by atoms with Crippen molar-refractivity contribution in [2.75, 3.05) is 20.1 Å². The fourth-order valence-electron chi connectivity index (χ4n) is 2.82. The van der Waals surface area contributed by atoms with Crippen molar-refractivity contribution in [1.82, 2.24) is 10.2 Å². The summed E-state index contributed by atoms with van der Waals surface area (Å²) >= 11 is 0. The summed E-state index contributed by atoms with van der Waals surface area (Å²) in [6.07, 6.45) is 8.46. The molecule has 0 unspecified atom stereocenters. The zero-order chi connectivity index (χ0) is 9.10. The Morgan fingerprint density at radius 3 is 2.62 bits per heavy atom. The lowest BCUT2D eigenvalue weighted by Crippen LogP contribution is -2.52. The second-order valence-corrected chi connectivity index (χ2v) is 4.60.